The van der Waals surface area contributed by atoms with Crippen molar-refractivity contribution in [1.29, 1.82) is 0 Å². The van der Waals surface area contributed by atoms with Crippen LogP contribution in [0.15, 0.2) is 42.6 Å². The van der Waals surface area contributed by atoms with Crippen molar-refractivity contribution < 1.29 is 13.6 Å². The largest absolute Gasteiger partial charge is 0.370 e. The lowest BCUT2D eigenvalue weighted by molar-refractivity contribution is 0.0966. The number of nitrogens with zero attached hydrogens (tertiary/aromatic N) is 3. The molecule has 0 bridgehead atoms. The fraction of sp³-hybridized carbons (Fsp3) is 0.261. The number of amides is 1. The molecule has 4 heterocycles. The van der Waals surface area contributed by atoms with Gasteiger partial charge < -0.3 is 15.5 Å². The van der Waals surface area contributed by atoms with Crippen LogP contribution in [0.25, 0.3) is 11.3 Å². The van der Waals surface area contributed by atoms with Gasteiger partial charge in [-0.1, -0.05) is 6.07 Å². The van der Waals surface area contributed by atoms with E-state index in [9.17, 15) is 13.6 Å². The normalized spacial score (nSPS) is 15.5. The molecule has 8 heteroatoms. The number of carbonyl (C=O) groups excluding carboxylic acids is 1. The lowest BCUT2D eigenvalue weighted by Gasteiger charge is -2.28. The maximum Gasteiger partial charge on any atom is 0.255 e. The van der Waals surface area contributed by atoms with Gasteiger partial charge in [0.15, 0.2) is 0 Å². The second kappa shape index (κ2) is 7.94. The molecule has 1 amide bonds. The Labute approximate surface area is 178 Å². The second-order valence-electron chi connectivity index (χ2n) is 7.73. The molecular weight excluding hydrogens is 400 g/mol. The maximum absolute atomic E-state index is 14.3. The molecule has 1 saturated heterocycles. The van der Waals surface area contributed by atoms with Crippen LogP contribution in [-0.4, -0.2) is 29.0 Å². The SMILES string of the molecule is O=C1NCc2nc(-c3c(F)cccc3F)cc(Nc3ccc(N4CCCCC4)cn3)c21. The molecule has 6 nitrogen and oxygen atoms in total. The summed E-state index contributed by atoms with van der Waals surface area (Å²) in [7, 11) is 0. The van der Waals surface area contributed by atoms with Crippen LogP contribution in [0, 0.1) is 11.6 Å². The summed E-state index contributed by atoms with van der Waals surface area (Å²) in [6.07, 6.45) is 5.40. The number of nitrogens with one attached hydrogen (secondary N) is 2. The van der Waals surface area contributed by atoms with E-state index in [0.29, 0.717) is 22.8 Å². The van der Waals surface area contributed by atoms with Gasteiger partial charge in [-0.25, -0.2) is 18.7 Å². The van der Waals surface area contributed by atoms with Crippen molar-refractivity contribution in [2.24, 2.45) is 0 Å². The zero-order valence-corrected chi connectivity index (χ0v) is 16.8. The minimum Gasteiger partial charge on any atom is -0.370 e. The fourth-order valence-corrected chi connectivity index (χ4v) is 4.14. The number of benzene rings is 1. The summed E-state index contributed by atoms with van der Waals surface area (Å²) in [6.45, 7) is 2.24. The van der Waals surface area contributed by atoms with E-state index in [1.165, 1.54) is 43.5 Å². The van der Waals surface area contributed by atoms with Gasteiger partial charge in [-0.2, -0.15) is 0 Å². The van der Waals surface area contributed by atoms with Crippen molar-refractivity contribution in [3.63, 3.8) is 0 Å². The molecule has 158 valence electrons. The summed E-state index contributed by atoms with van der Waals surface area (Å²) in [5.41, 5.74) is 2.17. The Morgan fingerprint density at radius 3 is 2.48 bits per heavy atom. The third-order valence-electron chi connectivity index (χ3n) is 5.69. The number of anilines is 3. The number of aromatic nitrogens is 2. The number of piperidine rings is 1. The highest BCUT2D eigenvalue weighted by Crippen LogP contribution is 2.33. The van der Waals surface area contributed by atoms with Gasteiger partial charge >= 0.3 is 0 Å². The van der Waals surface area contributed by atoms with Gasteiger partial charge in [-0.3, -0.25) is 4.79 Å². The zero-order valence-electron chi connectivity index (χ0n) is 16.8. The lowest BCUT2D eigenvalue weighted by Crippen LogP contribution is -2.29. The predicted molar refractivity (Wildman–Crippen MR) is 114 cm³/mol. The van der Waals surface area contributed by atoms with E-state index in [1.807, 2.05) is 12.1 Å². The first kappa shape index (κ1) is 19.4. The van der Waals surface area contributed by atoms with Crippen LogP contribution >= 0.6 is 0 Å². The summed E-state index contributed by atoms with van der Waals surface area (Å²) in [4.78, 5) is 23.5. The first-order chi connectivity index (χ1) is 15.1. The fourth-order valence-electron chi connectivity index (χ4n) is 4.14. The summed E-state index contributed by atoms with van der Waals surface area (Å²) >= 11 is 0. The number of pyridine rings is 2. The molecule has 5 rings (SSSR count). The van der Waals surface area contributed by atoms with Crippen molar-refractivity contribution in [2.75, 3.05) is 23.3 Å². The Morgan fingerprint density at radius 2 is 1.77 bits per heavy atom. The molecule has 0 aliphatic carbocycles. The van der Waals surface area contributed by atoms with Crippen molar-refractivity contribution in [3.05, 3.63) is 65.5 Å². The van der Waals surface area contributed by atoms with Gasteiger partial charge in [0.2, 0.25) is 0 Å². The smallest absolute Gasteiger partial charge is 0.255 e. The Balaban J connectivity index is 1.50. The molecule has 0 unspecified atom stereocenters. The van der Waals surface area contributed by atoms with E-state index in [1.54, 1.807) is 6.20 Å². The molecular formula is C23H21F2N5O. The van der Waals surface area contributed by atoms with Crippen LogP contribution in [0.5, 0.6) is 0 Å². The minimum atomic E-state index is -0.709. The van der Waals surface area contributed by atoms with Gasteiger partial charge in [0.05, 0.1) is 46.6 Å². The zero-order chi connectivity index (χ0) is 21.4. The number of hydrogen-bond donors (Lipinski definition) is 2. The van der Waals surface area contributed by atoms with Crippen LogP contribution in [0.1, 0.15) is 35.3 Å². The Hall–Kier alpha value is -3.55. The van der Waals surface area contributed by atoms with Gasteiger partial charge in [-0.05, 0) is 49.6 Å². The van der Waals surface area contributed by atoms with E-state index < -0.39 is 11.6 Å². The molecule has 2 aliphatic rings. The quantitative estimate of drug-likeness (QED) is 0.654. The average molecular weight is 421 g/mol. The van der Waals surface area contributed by atoms with Gasteiger partial charge in [0.1, 0.15) is 17.5 Å². The molecule has 2 aromatic heterocycles. The first-order valence-electron chi connectivity index (χ1n) is 10.3. The standard InChI is InChI=1S/C23H21F2N5O/c24-15-5-4-6-16(25)21(15)17-11-18(22-19(28-17)13-27-23(22)31)29-20-8-7-14(12-26-20)30-9-2-1-3-10-30/h4-8,11-12H,1-3,9-10,13H2,(H,27,31)(H,26,28,29). The number of fused-ring (bicyclic) bond motifs is 1. The van der Waals surface area contributed by atoms with E-state index in [2.05, 4.69) is 25.5 Å². The highest BCUT2D eigenvalue weighted by molar-refractivity contribution is 6.04. The number of halogens is 2. The molecule has 2 aliphatic heterocycles. The monoisotopic (exact) mass is 421 g/mol. The van der Waals surface area contributed by atoms with Crippen LogP contribution < -0.4 is 15.5 Å². The third-order valence-corrected chi connectivity index (χ3v) is 5.69. The van der Waals surface area contributed by atoms with Crippen molar-refractivity contribution in [1.82, 2.24) is 15.3 Å². The first-order valence-corrected chi connectivity index (χ1v) is 10.3. The minimum absolute atomic E-state index is 0.123. The van der Waals surface area contributed by atoms with E-state index in [-0.39, 0.29) is 23.7 Å². The van der Waals surface area contributed by atoms with Crippen molar-refractivity contribution in [2.45, 2.75) is 25.8 Å². The van der Waals surface area contributed by atoms with Crippen molar-refractivity contribution >= 4 is 23.1 Å². The van der Waals surface area contributed by atoms with E-state index in [0.717, 1.165) is 18.8 Å². The summed E-state index contributed by atoms with van der Waals surface area (Å²) in [5, 5.41) is 5.85. The summed E-state index contributed by atoms with van der Waals surface area (Å²) < 4.78 is 28.7. The Morgan fingerprint density at radius 1 is 1.00 bits per heavy atom. The molecule has 3 aromatic rings. The number of carbonyl (C=O) groups is 1. The highest BCUT2D eigenvalue weighted by Gasteiger charge is 2.27. The lowest BCUT2D eigenvalue weighted by atomic mass is 10.1. The van der Waals surface area contributed by atoms with Gasteiger partial charge in [0.25, 0.3) is 5.91 Å². The van der Waals surface area contributed by atoms with Crippen LogP contribution in [0.3, 0.4) is 0 Å². The van der Waals surface area contributed by atoms with Crippen LogP contribution in [0.2, 0.25) is 0 Å². The highest BCUT2D eigenvalue weighted by atomic mass is 19.1. The van der Waals surface area contributed by atoms with Crippen LogP contribution in [0.4, 0.5) is 26.0 Å². The Kier molecular flexibility index (Phi) is 4.97. The summed E-state index contributed by atoms with van der Waals surface area (Å²) in [5.74, 6) is -1.16. The molecule has 1 aromatic carbocycles. The summed E-state index contributed by atoms with van der Waals surface area (Å²) in [6, 6.07) is 8.99. The van der Waals surface area contributed by atoms with E-state index in [4.69, 9.17) is 0 Å². The maximum atomic E-state index is 14.3. The molecule has 31 heavy (non-hydrogen) atoms. The average Bonchev–Trinajstić information content (AvgIpc) is 3.16. The molecule has 0 radical (unpaired) electrons. The number of rotatable bonds is 4. The topological polar surface area (TPSA) is 70.2 Å². The third kappa shape index (κ3) is 3.69. The molecule has 2 N–H and O–H groups in total. The number of hydrogen-bond acceptors (Lipinski definition) is 5. The van der Waals surface area contributed by atoms with Gasteiger partial charge in [-0.15, -0.1) is 0 Å². The Bertz CT molecular complexity index is 1120. The molecule has 0 spiro atoms. The molecule has 0 atom stereocenters. The van der Waals surface area contributed by atoms with Crippen LogP contribution in [-0.2, 0) is 6.54 Å². The molecule has 0 saturated carbocycles. The predicted octanol–water partition coefficient (Wildman–Crippen LogP) is 4.40. The van der Waals surface area contributed by atoms with Crippen molar-refractivity contribution in [3.8, 4) is 11.3 Å². The van der Waals surface area contributed by atoms with E-state index >= 15 is 0 Å². The molecule has 1 fully saturated rings. The second-order valence-corrected chi connectivity index (χ2v) is 7.73. The van der Waals surface area contributed by atoms with Gasteiger partial charge in [0, 0.05) is 13.1 Å².